The molecule has 0 saturated carbocycles. The molecule has 7 heteroatoms. The smallest absolute Gasteiger partial charge is 0.255 e. The lowest BCUT2D eigenvalue weighted by atomic mass is 9.96. The van der Waals surface area contributed by atoms with Crippen molar-refractivity contribution >= 4 is 39.7 Å². The number of carbonyl (C=O) groups excluding carboxylic acids is 2. The van der Waals surface area contributed by atoms with Crippen molar-refractivity contribution in [2.45, 2.75) is 12.8 Å². The van der Waals surface area contributed by atoms with Gasteiger partial charge in [-0.15, -0.1) is 11.3 Å². The van der Waals surface area contributed by atoms with Crippen LogP contribution < -0.4 is 10.6 Å². The van der Waals surface area contributed by atoms with E-state index in [1.807, 2.05) is 60.0 Å². The summed E-state index contributed by atoms with van der Waals surface area (Å²) in [6.07, 6.45) is 3.23. The normalized spacial score (nSPS) is 16.3. The van der Waals surface area contributed by atoms with E-state index < -0.39 is 0 Å². The average molecular weight is 407 g/mol. The highest BCUT2D eigenvalue weighted by Gasteiger charge is 2.30. The van der Waals surface area contributed by atoms with Crippen LogP contribution in [0.3, 0.4) is 0 Å². The van der Waals surface area contributed by atoms with Crippen LogP contribution in [0.1, 0.15) is 23.2 Å². The van der Waals surface area contributed by atoms with Crippen LogP contribution in [0.15, 0.2) is 66.2 Å². The van der Waals surface area contributed by atoms with E-state index in [1.165, 1.54) is 11.3 Å². The number of likely N-dealkylation sites (tertiary alicyclic amines) is 1. The number of thiazole rings is 1. The highest BCUT2D eigenvalue weighted by Crippen LogP contribution is 2.25. The summed E-state index contributed by atoms with van der Waals surface area (Å²) in [5.41, 5.74) is 2.29. The first-order chi connectivity index (χ1) is 14.2. The van der Waals surface area contributed by atoms with E-state index in [9.17, 15) is 9.59 Å². The lowest BCUT2D eigenvalue weighted by Crippen LogP contribution is -2.43. The largest absolute Gasteiger partial charge is 0.355 e. The van der Waals surface area contributed by atoms with Crippen molar-refractivity contribution in [1.82, 2.24) is 9.88 Å². The van der Waals surface area contributed by atoms with Crippen LogP contribution in [0.4, 0.5) is 16.5 Å². The summed E-state index contributed by atoms with van der Waals surface area (Å²) in [4.78, 5) is 31.7. The van der Waals surface area contributed by atoms with Gasteiger partial charge in [0, 0.05) is 30.4 Å². The molecule has 1 aromatic heterocycles. The number of nitrogens with one attached hydrogen (secondary N) is 2. The fourth-order valence-electron chi connectivity index (χ4n) is 3.49. The second-order valence-corrected chi connectivity index (χ2v) is 7.85. The molecule has 4 rings (SSSR count). The predicted octanol–water partition coefficient (Wildman–Crippen LogP) is 4.38. The van der Waals surface area contributed by atoms with Gasteiger partial charge in [0.1, 0.15) is 0 Å². The van der Waals surface area contributed by atoms with Crippen LogP contribution in [-0.4, -0.2) is 34.8 Å². The molecular weight excluding hydrogens is 384 g/mol. The molecule has 148 valence electrons. The molecule has 2 amide bonds. The molecule has 1 atom stereocenters. The van der Waals surface area contributed by atoms with Crippen molar-refractivity contribution in [3.63, 3.8) is 0 Å². The predicted molar refractivity (Wildman–Crippen MR) is 116 cm³/mol. The van der Waals surface area contributed by atoms with E-state index in [-0.39, 0.29) is 17.7 Å². The van der Waals surface area contributed by atoms with Crippen molar-refractivity contribution in [3.05, 3.63) is 71.7 Å². The quantitative estimate of drug-likeness (QED) is 0.660. The standard InChI is InChI=1S/C22H22N4O2S/c27-20(25-22-23-12-14-29-22)16-7-6-13-26(15-16)21(28)18-10-4-5-11-19(18)24-17-8-2-1-3-9-17/h1-5,8-12,14,16,24H,6-7,13,15H2,(H,23,25,27). The molecule has 29 heavy (non-hydrogen) atoms. The van der Waals surface area contributed by atoms with Gasteiger partial charge in [0.25, 0.3) is 5.91 Å². The zero-order valence-corrected chi connectivity index (χ0v) is 16.7. The Morgan fingerprint density at radius 2 is 1.86 bits per heavy atom. The van der Waals surface area contributed by atoms with Gasteiger partial charge in [0.2, 0.25) is 5.91 Å². The molecule has 1 aliphatic rings. The molecule has 1 unspecified atom stereocenters. The van der Waals surface area contributed by atoms with Crippen molar-refractivity contribution < 1.29 is 9.59 Å². The summed E-state index contributed by atoms with van der Waals surface area (Å²) in [5, 5.41) is 8.59. The van der Waals surface area contributed by atoms with Gasteiger partial charge in [-0.05, 0) is 37.1 Å². The summed E-state index contributed by atoms with van der Waals surface area (Å²) < 4.78 is 0. The van der Waals surface area contributed by atoms with Gasteiger partial charge in [-0.25, -0.2) is 4.98 Å². The van der Waals surface area contributed by atoms with Gasteiger partial charge >= 0.3 is 0 Å². The molecule has 2 aromatic carbocycles. The third kappa shape index (κ3) is 4.63. The second kappa shape index (κ2) is 8.87. The number of hydrogen-bond donors (Lipinski definition) is 2. The molecule has 1 fully saturated rings. The zero-order valence-electron chi connectivity index (χ0n) is 15.9. The van der Waals surface area contributed by atoms with Crippen LogP contribution in [-0.2, 0) is 4.79 Å². The second-order valence-electron chi connectivity index (χ2n) is 6.95. The lowest BCUT2D eigenvalue weighted by Gasteiger charge is -2.32. The number of amides is 2. The molecule has 0 spiro atoms. The molecule has 0 radical (unpaired) electrons. The molecule has 3 aromatic rings. The molecule has 0 bridgehead atoms. The van der Waals surface area contributed by atoms with Gasteiger partial charge in [-0.3, -0.25) is 9.59 Å². The number of para-hydroxylation sites is 2. The Labute approximate surface area is 173 Å². The number of aromatic nitrogens is 1. The Hall–Kier alpha value is -3.19. The van der Waals surface area contributed by atoms with Crippen molar-refractivity contribution in [2.24, 2.45) is 5.92 Å². The fourth-order valence-corrected chi connectivity index (χ4v) is 4.03. The Kier molecular flexibility index (Phi) is 5.86. The minimum Gasteiger partial charge on any atom is -0.355 e. The van der Waals surface area contributed by atoms with Crippen LogP contribution >= 0.6 is 11.3 Å². The first kappa shape index (κ1) is 19.1. The summed E-state index contributed by atoms with van der Waals surface area (Å²) >= 11 is 1.39. The van der Waals surface area contributed by atoms with E-state index in [0.29, 0.717) is 23.8 Å². The average Bonchev–Trinajstić information content (AvgIpc) is 3.27. The summed E-state index contributed by atoms with van der Waals surface area (Å²) in [7, 11) is 0. The van der Waals surface area contributed by atoms with Crippen LogP contribution in [0.5, 0.6) is 0 Å². The van der Waals surface area contributed by atoms with Crippen LogP contribution in [0.2, 0.25) is 0 Å². The number of carbonyl (C=O) groups is 2. The van der Waals surface area contributed by atoms with Gasteiger partial charge in [-0.2, -0.15) is 0 Å². The number of benzene rings is 2. The van der Waals surface area contributed by atoms with Gasteiger partial charge in [-0.1, -0.05) is 30.3 Å². The molecule has 1 aliphatic heterocycles. The highest BCUT2D eigenvalue weighted by atomic mass is 32.1. The van der Waals surface area contributed by atoms with E-state index in [1.54, 1.807) is 11.1 Å². The van der Waals surface area contributed by atoms with Crippen molar-refractivity contribution in [2.75, 3.05) is 23.7 Å². The zero-order chi connectivity index (χ0) is 20.1. The molecule has 2 N–H and O–H groups in total. The lowest BCUT2D eigenvalue weighted by molar-refractivity contribution is -0.121. The van der Waals surface area contributed by atoms with E-state index in [2.05, 4.69) is 15.6 Å². The number of rotatable bonds is 5. The highest BCUT2D eigenvalue weighted by molar-refractivity contribution is 7.13. The molecule has 0 aliphatic carbocycles. The number of anilines is 3. The molecule has 6 nitrogen and oxygen atoms in total. The Bertz CT molecular complexity index is 975. The SMILES string of the molecule is O=C(Nc1nccs1)C1CCCN(C(=O)c2ccccc2Nc2ccccc2)C1. The van der Waals surface area contributed by atoms with Crippen molar-refractivity contribution in [3.8, 4) is 0 Å². The maximum Gasteiger partial charge on any atom is 0.255 e. The minimum absolute atomic E-state index is 0.0595. The van der Waals surface area contributed by atoms with Gasteiger partial charge in [0.15, 0.2) is 5.13 Å². The van der Waals surface area contributed by atoms with Crippen LogP contribution in [0, 0.1) is 5.92 Å². The van der Waals surface area contributed by atoms with Crippen LogP contribution in [0.25, 0.3) is 0 Å². The first-order valence-corrected chi connectivity index (χ1v) is 10.5. The number of nitrogens with zero attached hydrogens (tertiary/aromatic N) is 2. The summed E-state index contributed by atoms with van der Waals surface area (Å²) in [5.74, 6) is -0.366. The van der Waals surface area contributed by atoms with E-state index in [0.717, 1.165) is 24.2 Å². The summed E-state index contributed by atoms with van der Waals surface area (Å²) in [6.45, 7) is 1.06. The molecule has 2 heterocycles. The topological polar surface area (TPSA) is 74.3 Å². The Morgan fingerprint density at radius 1 is 1.07 bits per heavy atom. The van der Waals surface area contributed by atoms with Crippen molar-refractivity contribution in [1.29, 1.82) is 0 Å². The monoisotopic (exact) mass is 406 g/mol. The van der Waals surface area contributed by atoms with E-state index in [4.69, 9.17) is 0 Å². The first-order valence-electron chi connectivity index (χ1n) is 9.61. The third-order valence-corrected chi connectivity index (χ3v) is 5.64. The molecular formula is C22H22N4O2S. The third-order valence-electron chi connectivity index (χ3n) is 4.95. The fraction of sp³-hybridized carbons (Fsp3) is 0.227. The maximum absolute atomic E-state index is 13.2. The Morgan fingerprint density at radius 3 is 2.66 bits per heavy atom. The number of piperidine rings is 1. The van der Waals surface area contributed by atoms with E-state index >= 15 is 0 Å². The van der Waals surface area contributed by atoms with Gasteiger partial charge in [0.05, 0.1) is 17.2 Å². The van der Waals surface area contributed by atoms with Gasteiger partial charge < -0.3 is 15.5 Å². The minimum atomic E-state index is -0.231. The number of hydrogen-bond acceptors (Lipinski definition) is 5. The summed E-state index contributed by atoms with van der Waals surface area (Å²) in [6, 6.07) is 17.3. The Balaban J connectivity index is 1.47. The maximum atomic E-state index is 13.2. The molecule has 1 saturated heterocycles.